The summed E-state index contributed by atoms with van der Waals surface area (Å²) < 4.78 is 23.5. The van der Waals surface area contributed by atoms with Crippen molar-refractivity contribution < 1.29 is 8.42 Å². The lowest BCUT2D eigenvalue weighted by molar-refractivity contribution is 0.124. The molecule has 0 aromatic heterocycles. The van der Waals surface area contributed by atoms with Gasteiger partial charge in [-0.15, -0.1) is 0 Å². The largest absolute Gasteiger partial charge is 0.313 e. The molecule has 0 aliphatic heterocycles. The minimum atomic E-state index is -2.79. The Morgan fingerprint density at radius 2 is 1.94 bits per heavy atom. The molecule has 1 N–H and O–H groups in total. The Bertz CT molecular complexity index is 342. The maximum atomic E-state index is 11.7. The maximum absolute atomic E-state index is 11.7. The fourth-order valence-electron chi connectivity index (χ4n) is 2.63. The lowest BCUT2D eigenvalue weighted by Gasteiger charge is -2.42. The van der Waals surface area contributed by atoms with Gasteiger partial charge >= 0.3 is 0 Å². The predicted octanol–water partition coefficient (Wildman–Crippen LogP) is 2.12. The second-order valence-corrected chi connectivity index (χ2v) is 8.21. The molecule has 4 heteroatoms. The van der Waals surface area contributed by atoms with Crippen LogP contribution in [0, 0.1) is 5.41 Å². The Kier molecular flexibility index (Phi) is 4.14. The second kappa shape index (κ2) is 5.27. The van der Waals surface area contributed by atoms with E-state index in [9.17, 15) is 8.42 Å². The molecule has 0 atom stereocenters. The molecular formula is C13H25NO2S. The van der Waals surface area contributed by atoms with Gasteiger partial charge in [0.25, 0.3) is 0 Å². The molecule has 0 aromatic rings. The molecule has 100 valence electrons. The van der Waals surface area contributed by atoms with Crippen molar-refractivity contribution in [1.82, 2.24) is 5.32 Å². The van der Waals surface area contributed by atoms with Gasteiger partial charge in [0.2, 0.25) is 0 Å². The molecule has 0 bridgehead atoms. The fraction of sp³-hybridized carbons (Fsp3) is 1.00. The van der Waals surface area contributed by atoms with E-state index in [2.05, 4.69) is 5.32 Å². The number of sulfone groups is 1. The van der Waals surface area contributed by atoms with Crippen LogP contribution in [0.4, 0.5) is 0 Å². The van der Waals surface area contributed by atoms with Crippen LogP contribution < -0.4 is 5.32 Å². The average molecular weight is 259 g/mol. The Hall–Kier alpha value is -0.0900. The highest BCUT2D eigenvalue weighted by atomic mass is 32.2. The summed E-state index contributed by atoms with van der Waals surface area (Å²) >= 11 is 0. The number of hydrogen-bond donors (Lipinski definition) is 1. The molecule has 0 amide bonds. The lowest BCUT2D eigenvalue weighted by atomic mass is 9.67. The van der Waals surface area contributed by atoms with Gasteiger partial charge in [0.1, 0.15) is 9.84 Å². The molecule has 2 rings (SSSR count). The van der Waals surface area contributed by atoms with Crippen molar-refractivity contribution in [2.24, 2.45) is 5.41 Å². The van der Waals surface area contributed by atoms with E-state index in [1.807, 2.05) is 6.92 Å². The van der Waals surface area contributed by atoms with Gasteiger partial charge < -0.3 is 5.32 Å². The summed E-state index contributed by atoms with van der Waals surface area (Å²) in [4.78, 5) is 0. The van der Waals surface area contributed by atoms with E-state index in [1.54, 1.807) is 0 Å². The highest BCUT2D eigenvalue weighted by Gasteiger charge is 2.38. The molecule has 0 saturated heterocycles. The predicted molar refractivity (Wildman–Crippen MR) is 70.9 cm³/mol. The molecule has 2 saturated carbocycles. The summed E-state index contributed by atoms with van der Waals surface area (Å²) in [6, 6.07) is 0.736. The van der Waals surface area contributed by atoms with Crippen molar-refractivity contribution in [3.8, 4) is 0 Å². The van der Waals surface area contributed by atoms with Gasteiger partial charge in [-0.2, -0.15) is 0 Å². The zero-order valence-corrected chi connectivity index (χ0v) is 11.7. The zero-order valence-electron chi connectivity index (χ0n) is 10.9. The minimum absolute atomic E-state index is 0.309. The second-order valence-electron chi connectivity index (χ2n) is 5.91. The van der Waals surface area contributed by atoms with Crippen LogP contribution in [0.1, 0.15) is 51.9 Å². The summed E-state index contributed by atoms with van der Waals surface area (Å²) in [5.74, 6) is 0.756. The van der Waals surface area contributed by atoms with E-state index in [1.165, 1.54) is 32.1 Å². The Balaban J connectivity index is 1.77. The molecule has 0 aromatic carbocycles. The minimum Gasteiger partial charge on any atom is -0.313 e. The first kappa shape index (κ1) is 13.3. The zero-order chi connectivity index (χ0) is 12.4. The fourth-order valence-corrected chi connectivity index (χ4v) is 4.20. The van der Waals surface area contributed by atoms with Gasteiger partial charge in [0, 0.05) is 18.3 Å². The molecule has 2 aliphatic rings. The Morgan fingerprint density at radius 1 is 1.24 bits per heavy atom. The smallest absolute Gasteiger partial charge is 0.150 e. The molecule has 2 fully saturated rings. The van der Waals surface area contributed by atoms with Crippen LogP contribution in [-0.4, -0.2) is 32.5 Å². The summed E-state index contributed by atoms with van der Waals surface area (Å²) in [6.07, 6.45) is 7.95. The summed E-state index contributed by atoms with van der Waals surface area (Å²) in [5, 5.41) is 3.57. The van der Waals surface area contributed by atoms with Crippen molar-refractivity contribution in [3.05, 3.63) is 0 Å². The van der Waals surface area contributed by atoms with Crippen LogP contribution in [0.15, 0.2) is 0 Å². The van der Waals surface area contributed by atoms with E-state index in [4.69, 9.17) is 0 Å². The summed E-state index contributed by atoms with van der Waals surface area (Å²) in [7, 11) is -2.79. The summed E-state index contributed by atoms with van der Waals surface area (Å²) in [6.45, 7) is 2.98. The van der Waals surface area contributed by atoms with E-state index in [0.717, 1.165) is 25.4 Å². The monoisotopic (exact) mass is 259 g/mol. The third kappa shape index (κ3) is 3.95. The maximum Gasteiger partial charge on any atom is 0.150 e. The van der Waals surface area contributed by atoms with Crippen molar-refractivity contribution in [3.63, 3.8) is 0 Å². The molecule has 0 radical (unpaired) electrons. The Morgan fingerprint density at radius 3 is 2.41 bits per heavy atom. The first-order valence-electron chi connectivity index (χ1n) is 6.99. The summed E-state index contributed by atoms with van der Waals surface area (Å²) in [5.41, 5.74) is 0.309. The highest BCUT2D eigenvalue weighted by molar-refractivity contribution is 7.91. The van der Waals surface area contributed by atoms with Crippen molar-refractivity contribution in [2.75, 3.05) is 18.1 Å². The van der Waals surface area contributed by atoms with Gasteiger partial charge in [-0.1, -0.05) is 13.3 Å². The third-order valence-corrected chi connectivity index (χ3v) is 6.07. The van der Waals surface area contributed by atoms with E-state index >= 15 is 0 Å². The van der Waals surface area contributed by atoms with Crippen molar-refractivity contribution in [2.45, 2.75) is 57.9 Å². The Labute approximate surface area is 105 Å². The van der Waals surface area contributed by atoms with Crippen LogP contribution >= 0.6 is 0 Å². The number of rotatable bonds is 8. The van der Waals surface area contributed by atoms with Gasteiger partial charge in [-0.3, -0.25) is 0 Å². The van der Waals surface area contributed by atoms with Gasteiger partial charge in [-0.05, 0) is 43.9 Å². The van der Waals surface area contributed by atoms with Crippen molar-refractivity contribution in [1.29, 1.82) is 0 Å². The van der Waals surface area contributed by atoms with Gasteiger partial charge in [0.15, 0.2) is 0 Å². The lowest BCUT2D eigenvalue weighted by Crippen LogP contribution is -2.42. The SMILES string of the molecule is CCCS(=O)(=O)CCC1(CNC2CC2)CCC1. The molecule has 0 unspecified atom stereocenters. The van der Waals surface area contributed by atoms with Crippen molar-refractivity contribution >= 4 is 9.84 Å². The molecule has 0 heterocycles. The first-order chi connectivity index (χ1) is 8.05. The first-order valence-corrected chi connectivity index (χ1v) is 8.81. The molecule has 0 spiro atoms. The van der Waals surface area contributed by atoms with Crippen LogP contribution in [0.5, 0.6) is 0 Å². The molecule has 2 aliphatic carbocycles. The van der Waals surface area contributed by atoms with Gasteiger partial charge in [-0.25, -0.2) is 8.42 Å². The van der Waals surface area contributed by atoms with Crippen LogP contribution in [0.2, 0.25) is 0 Å². The quantitative estimate of drug-likeness (QED) is 0.726. The van der Waals surface area contributed by atoms with E-state index in [0.29, 0.717) is 16.9 Å². The van der Waals surface area contributed by atoms with E-state index in [-0.39, 0.29) is 0 Å². The number of nitrogens with one attached hydrogen (secondary N) is 1. The topological polar surface area (TPSA) is 46.2 Å². The van der Waals surface area contributed by atoms with E-state index < -0.39 is 9.84 Å². The van der Waals surface area contributed by atoms with Crippen LogP contribution in [0.3, 0.4) is 0 Å². The van der Waals surface area contributed by atoms with Gasteiger partial charge in [0.05, 0.1) is 5.75 Å². The molecule has 17 heavy (non-hydrogen) atoms. The van der Waals surface area contributed by atoms with Crippen LogP contribution in [0.25, 0.3) is 0 Å². The highest BCUT2D eigenvalue weighted by Crippen LogP contribution is 2.44. The van der Waals surface area contributed by atoms with Crippen LogP contribution in [-0.2, 0) is 9.84 Å². The molecule has 3 nitrogen and oxygen atoms in total. The average Bonchev–Trinajstić information content (AvgIpc) is 2.99. The molecular weight excluding hydrogens is 234 g/mol. The number of hydrogen-bond acceptors (Lipinski definition) is 3. The third-order valence-electron chi connectivity index (χ3n) is 4.22. The normalized spacial score (nSPS) is 23.4. The standard InChI is InChI=1S/C13H25NO2S/c1-2-9-17(15,16)10-8-13(6-3-7-13)11-14-12-4-5-12/h12,14H,2-11H2,1H3.